The minimum atomic E-state index is 0.958. The van der Waals surface area contributed by atoms with Crippen LogP contribution in [0.5, 0.6) is 0 Å². The Labute approximate surface area is 102 Å². The number of quaternary nitrogens is 1. The van der Waals surface area contributed by atoms with Crippen LogP contribution in [0.15, 0.2) is 0 Å². The maximum Gasteiger partial charge on any atom is 0.0799 e. The average molecular weight is 224 g/mol. The molecule has 1 saturated heterocycles. The Morgan fingerprint density at radius 3 is 2.19 bits per heavy atom. The predicted octanol–water partition coefficient (Wildman–Crippen LogP) is 2.37. The summed E-state index contributed by atoms with van der Waals surface area (Å²) in [5.41, 5.74) is 0. The Hall–Kier alpha value is -0.0400. The molecule has 1 N–H and O–H groups in total. The zero-order chi connectivity index (χ0) is 11.5. The van der Waals surface area contributed by atoms with Crippen molar-refractivity contribution in [1.29, 1.82) is 0 Å². The molecule has 0 radical (unpaired) electrons. The Morgan fingerprint density at radius 2 is 1.56 bits per heavy atom. The Kier molecular flexibility index (Phi) is 4.29. The van der Waals surface area contributed by atoms with Gasteiger partial charge in [0.25, 0.3) is 0 Å². The number of likely N-dealkylation sites (tertiary alicyclic amines) is 1. The molecule has 0 amide bonds. The Morgan fingerprint density at radius 1 is 0.875 bits per heavy atom. The van der Waals surface area contributed by atoms with Crippen LogP contribution in [-0.4, -0.2) is 19.6 Å². The minimum absolute atomic E-state index is 0.958. The molecule has 1 saturated carbocycles. The fourth-order valence-corrected chi connectivity index (χ4v) is 4.24. The van der Waals surface area contributed by atoms with Gasteiger partial charge in [0.2, 0.25) is 0 Å². The van der Waals surface area contributed by atoms with Crippen LogP contribution >= 0.6 is 0 Å². The number of piperidine rings is 1. The van der Waals surface area contributed by atoms with Crippen molar-refractivity contribution in [2.24, 2.45) is 23.7 Å². The van der Waals surface area contributed by atoms with Gasteiger partial charge in [-0.3, -0.25) is 0 Å². The third-order valence-electron chi connectivity index (χ3n) is 4.70. The van der Waals surface area contributed by atoms with Crippen molar-refractivity contribution in [3.8, 4) is 0 Å². The van der Waals surface area contributed by atoms with E-state index in [0.29, 0.717) is 0 Å². The van der Waals surface area contributed by atoms with E-state index < -0.39 is 0 Å². The standard InChI is InChI=1S/C15H29N/c1-12-5-4-6-15(8-12)11-16-9-13(2)7-14(3)10-16/h12-15H,4-11H2,1-3H3/p+1. The molecule has 0 aromatic heterocycles. The van der Waals surface area contributed by atoms with E-state index in [4.69, 9.17) is 0 Å². The monoisotopic (exact) mass is 224 g/mol. The van der Waals surface area contributed by atoms with Crippen molar-refractivity contribution >= 4 is 0 Å². The molecule has 1 heteroatoms. The van der Waals surface area contributed by atoms with Crippen LogP contribution in [0.25, 0.3) is 0 Å². The zero-order valence-electron chi connectivity index (χ0n) is 11.5. The summed E-state index contributed by atoms with van der Waals surface area (Å²) in [6.07, 6.45) is 7.45. The van der Waals surface area contributed by atoms with E-state index in [1.54, 1.807) is 0 Å². The van der Waals surface area contributed by atoms with Crippen molar-refractivity contribution < 1.29 is 4.90 Å². The molecule has 0 bridgehead atoms. The summed E-state index contributed by atoms with van der Waals surface area (Å²) >= 11 is 0. The molecule has 4 unspecified atom stereocenters. The first kappa shape index (κ1) is 12.4. The highest BCUT2D eigenvalue weighted by Crippen LogP contribution is 2.27. The second kappa shape index (κ2) is 5.53. The first-order valence-electron chi connectivity index (χ1n) is 7.47. The topological polar surface area (TPSA) is 4.44 Å². The molecular weight excluding hydrogens is 194 g/mol. The quantitative estimate of drug-likeness (QED) is 0.734. The van der Waals surface area contributed by atoms with Gasteiger partial charge in [0, 0.05) is 17.8 Å². The first-order chi connectivity index (χ1) is 7.63. The molecule has 0 spiro atoms. The van der Waals surface area contributed by atoms with Crippen LogP contribution in [0.4, 0.5) is 0 Å². The van der Waals surface area contributed by atoms with E-state index in [1.807, 2.05) is 4.90 Å². The Bertz CT molecular complexity index is 203. The number of hydrogen-bond donors (Lipinski definition) is 1. The molecule has 1 nitrogen and oxygen atoms in total. The van der Waals surface area contributed by atoms with E-state index in [9.17, 15) is 0 Å². The molecule has 94 valence electrons. The van der Waals surface area contributed by atoms with Gasteiger partial charge in [-0.05, 0) is 25.2 Å². The van der Waals surface area contributed by atoms with Gasteiger partial charge in [0.1, 0.15) is 0 Å². The Balaban J connectivity index is 1.79. The lowest BCUT2D eigenvalue weighted by molar-refractivity contribution is -0.915. The molecule has 16 heavy (non-hydrogen) atoms. The predicted molar refractivity (Wildman–Crippen MR) is 69.6 cm³/mol. The summed E-state index contributed by atoms with van der Waals surface area (Å²) in [6, 6.07) is 0. The van der Waals surface area contributed by atoms with Crippen molar-refractivity contribution in [3.05, 3.63) is 0 Å². The normalized spacial score (nSPS) is 45.6. The minimum Gasteiger partial charge on any atom is -0.334 e. The lowest BCUT2D eigenvalue weighted by atomic mass is 9.81. The summed E-state index contributed by atoms with van der Waals surface area (Å²) in [7, 11) is 0. The second-order valence-electron chi connectivity index (χ2n) is 6.95. The smallest absolute Gasteiger partial charge is 0.0799 e. The lowest BCUT2D eigenvalue weighted by Gasteiger charge is -2.36. The van der Waals surface area contributed by atoms with Crippen molar-refractivity contribution in [2.75, 3.05) is 19.6 Å². The van der Waals surface area contributed by atoms with Gasteiger partial charge in [-0.2, -0.15) is 0 Å². The molecule has 0 aromatic carbocycles. The van der Waals surface area contributed by atoms with Gasteiger partial charge >= 0.3 is 0 Å². The van der Waals surface area contributed by atoms with Crippen LogP contribution in [0.1, 0.15) is 52.9 Å². The molecule has 2 rings (SSSR count). The third-order valence-corrected chi connectivity index (χ3v) is 4.70. The lowest BCUT2D eigenvalue weighted by Crippen LogP contribution is -3.15. The zero-order valence-corrected chi connectivity index (χ0v) is 11.5. The highest BCUT2D eigenvalue weighted by atomic mass is 15.1. The van der Waals surface area contributed by atoms with E-state index in [1.165, 1.54) is 51.7 Å². The largest absolute Gasteiger partial charge is 0.334 e. The molecule has 1 aliphatic heterocycles. The van der Waals surface area contributed by atoms with Crippen LogP contribution in [0.3, 0.4) is 0 Å². The molecule has 0 aromatic rings. The fourth-order valence-electron chi connectivity index (χ4n) is 4.24. The van der Waals surface area contributed by atoms with Crippen LogP contribution in [0.2, 0.25) is 0 Å². The molecule has 1 aliphatic carbocycles. The van der Waals surface area contributed by atoms with E-state index in [-0.39, 0.29) is 0 Å². The molecule has 4 atom stereocenters. The van der Waals surface area contributed by atoms with Gasteiger partial charge < -0.3 is 4.90 Å². The highest BCUT2D eigenvalue weighted by Gasteiger charge is 2.28. The maximum absolute atomic E-state index is 2.45. The van der Waals surface area contributed by atoms with Crippen molar-refractivity contribution in [2.45, 2.75) is 52.9 Å². The molecule has 2 aliphatic rings. The summed E-state index contributed by atoms with van der Waals surface area (Å²) in [4.78, 5) is 1.91. The summed E-state index contributed by atoms with van der Waals surface area (Å²) in [5.74, 6) is 3.95. The van der Waals surface area contributed by atoms with Gasteiger partial charge in [-0.25, -0.2) is 0 Å². The van der Waals surface area contributed by atoms with Gasteiger partial charge in [-0.15, -0.1) is 0 Å². The van der Waals surface area contributed by atoms with Gasteiger partial charge in [-0.1, -0.05) is 33.6 Å². The van der Waals surface area contributed by atoms with Crippen LogP contribution in [0, 0.1) is 23.7 Å². The van der Waals surface area contributed by atoms with Gasteiger partial charge in [0.15, 0.2) is 0 Å². The molecular formula is C15H30N+. The number of rotatable bonds is 2. The van der Waals surface area contributed by atoms with Crippen molar-refractivity contribution in [3.63, 3.8) is 0 Å². The van der Waals surface area contributed by atoms with E-state index in [2.05, 4.69) is 20.8 Å². The fraction of sp³-hybridized carbons (Fsp3) is 1.00. The van der Waals surface area contributed by atoms with Crippen LogP contribution in [-0.2, 0) is 0 Å². The van der Waals surface area contributed by atoms with Crippen LogP contribution < -0.4 is 4.90 Å². The summed E-state index contributed by atoms with van der Waals surface area (Å²) < 4.78 is 0. The van der Waals surface area contributed by atoms with E-state index >= 15 is 0 Å². The highest BCUT2D eigenvalue weighted by molar-refractivity contribution is 4.71. The second-order valence-corrected chi connectivity index (χ2v) is 6.95. The summed E-state index contributed by atoms with van der Waals surface area (Å²) in [5, 5.41) is 0. The number of nitrogens with one attached hydrogen (secondary N) is 1. The summed E-state index contributed by atoms with van der Waals surface area (Å²) in [6.45, 7) is 11.7. The van der Waals surface area contributed by atoms with Crippen molar-refractivity contribution in [1.82, 2.24) is 0 Å². The third kappa shape index (κ3) is 3.48. The van der Waals surface area contributed by atoms with E-state index in [0.717, 1.165) is 23.7 Å². The van der Waals surface area contributed by atoms with Gasteiger partial charge in [0.05, 0.1) is 19.6 Å². The average Bonchev–Trinajstić information content (AvgIpc) is 2.15. The number of hydrogen-bond acceptors (Lipinski definition) is 0. The SMILES string of the molecule is CC1CCCC(C[NH+]2CC(C)CC(C)C2)C1. The molecule has 1 heterocycles. The first-order valence-corrected chi connectivity index (χ1v) is 7.47. The maximum atomic E-state index is 2.45. The molecule has 2 fully saturated rings.